The number of cyclic esters (lactones) is 1. The molecule has 10 heteroatoms. The van der Waals surface area contributed by atoms with Gasteiger partial charge in [-0.1, -0.05) is 6.07 Å². The minimum absolute atomic E-state index is 0.0156. The molecule has 4 fully saturated rings. The smallest absolute Gasteiger partial charge is 0.315 e. The molecule has 0 saturated carbocycles. The molecule has 4 aliphatic rings. The molecule has 0 radical (unpaired) electrons. The number of hydrogen-bond acceptors (Lipinski definition) is 10. The average molecular weight is 460 g/mol. The summed E-state index contributed by atoms with van der Waals surface area (Å²) in [6, 6.07) is 4.67. The Morgan fingerprint density at radius 2 is 1.94 bits per heavy atom. The number of carbonyl (C=O) groups excluding carboxylic acids is 4. The molecular weight excluding hydrogens is 436 g/mol. The molecule has 33 heavy (non-hydrogen) atoms. The summed E-state index contributed by atoms with van der Waals surface area (Å²) >= 11 is 0. The molecule has 4 heterocycles. The van der Waals surface area contributed by atoms with Crippen LogP contribution in [0.25, 0.3) is 0 Å². The highest BCUT2D eigenvalue weighted by Crippen LogP contribution is 2.63. The van der Waals surface area contributed by atoms with E-state index in [1.807, 2.05) is 0 Å². The largest absolute Gasteiger partial charge is 0.493 e. The van der Waals surface area contributed by atoms with Crippen molar-refractivity contribution in [2.75, 3.05) is 20.3 Å². The van der Waals surface area contributed by atoms with Gasteiger partial charge in [0.2, 0.25) is 0 Å². The van der Waals surface area contributed by atoms with Crippen molar-refractivity contribution in [1.29, 1.82) is 0 Å². The van der Waals surface area contributed by atoms with Gasteiger partial charge >= 0.3 is 17.9 Å². The number of Topliss-reactive ketones (excluding diaryl/α,β-unsaturated/α-hetero) is 1. The van der Waals surface area contributed by atoms with Gasteiger partial charge in [0.05, 0.1) is 13.0 Å². The standard InChI is InChI=1S/C23H24O10/c1-11(24)31-14-5-4-13(8-15(14)28-3)19(32-12(2)25)17-18(26)16-9-22-6-7-29-20(17)23(22,33-16)10-30-21(22)27/h4-5,8,16-17,19-20H,6-7,9-10H2,1-3H3/t16-,17?,19?,20+,22+,23-/m1/s1. The van der Waals surface area contributed by atoms with Crippen LogP contribution in [0.4, 0.5) is 0 Å². The second-order valence-electron chi connectivity index (χ2n) is 8.86. The summed E-state index contributed by atoms with van der Waals surface area (Å²) < 4.78 is 33.8. The van der Waals surface area contributed by atoms with Crippen molar-refractivity contribution in [2.24, 2.45) is 11.3 Å². The number of rotatable bonds is 5. The second-order valence-corrected chi connectivity index (χ2v) is 8.86. The van der Waals surface area contributed by atoms with Crippen LogP contribution in [0.5, 0.6) is 11.5 Å². The fraction of sp³-hybridized carbons (Fsp3) is 0.565. The molecule has 1 aromatic rings. The van der Waals surface area contributed by atoms with Crippen LogP contribution in [0.3, 0.4) is 0 Å². The van der Waals surface area contributed by atoms with Crippen LogP contribution in [0, 0.1) is 11.3 Å². The van der Waals surface area contributed by atoms with Gasteiger partial charge < -0.3 is 28.4 Å². The Morgan fingerprint density at radius 3 is 2.64 bits per heavy atom. The maximum Gasteiger partial charge on any atom is 0.315 e. The molecule has 0 aromatic heterocycles. The van der Waals surface area contributed by atoms with Crippen LogP contribution in [-0.4, -0.2) is 61.8 Å². The second kappa shape index (κ2) is 7.53. The molecule has 1 aromatic carbocycles. The summed E-state index contributed by atoms with van der Waals surface area (Å²) in [5, 5.41) is 0. The highest BCUT2D eigenvalue weighted by Gasteiger charge is 2.79. The SMILES string of the molecule is COc1cc(C(OC(C)=O)C2C(=O)[C@H]3C[C@]45CCO[C@@H]2[C@@]4(COC5=O)O3)ccc1OC(C)=O. The van der Waals surface area contributed by atoms with Gasteiger partial charge in [-0.3, -0.25) is 19.2 Å². The molecule has 4 aliphatic heterocycles. The van der Waals surface area contributed by atoms with E-state index in [1.54, 1.807) is 12.1 Å². The lowest BCUT2D eigenvalue weighted by Crippen LogP contribution is -2.65. The van der Waals surface area contributed by atoms with E-state index in [9.17, 15) is 19.2 Å². The van der Waals surface area contributed by atoms with Crippen LogP contribution in [0.15, 0.2) is 18.2 Å². The van der Waals surface area contributed by atoms with Crippen molar-refractivity contribution in [2.45, 2.75) is 50.6 Å². The van der Waals surface area contributed by atoms with Gasteiger partial charge in [0.1, 0.15) is 35.9 Å². The zero-order valence-corrected chi connectivity index (χ0v) is 18.5. The van der Waals surface area contributed by atoms with Gasteiger partial charge in [0.15, 0.2) is 17.3 Å². The molecule has 2 bridgehead atoms. The molecule has 1 spiro atoms. The molecule has 0 aliphatic carbocycles. The van der Waals surface area contributed by atoms with E-state index < -0.39 is 47.2 Å². The number of hydrogen-bond donors (Lipinski definition) is 0. The van der Waals surface area contributed by atoms with E-state index in [2.05, 4.69) is 0 Å². The van der Waals surface area contributed by atoms with Crippen molar-refractivity contribution in [3.05, 3.63) is 23.8 Å². The first kappa shape index (κ1) is 21.8. The van der Waals surface area contributed by atoms with Gasteiger partial charge in [0, 0.05) is 20.5 Å². The molecule has 6 atom stereocenters. The van der Waals surface area contributed by atoms with Crippen molar-refractivity contribution >= 4 is 23.7 Å². The summed E-state index contributed by atoms with van der Waals surface area (Å²) in [5.74, 6) is -2.27. The maximum absolute atomic E-state index is 13.6. The fourth-order valence-electron chi connectivity index (χ4n) is 5.82. The molecular formula is C23H24O10. The predicted octanol–water partition coefficient (Wildman–Crippen LogP) is 1.28. The third-order valence-electron chi connectivity index (χ3n) is 7.15. The molecule has 10 nitrogen and oxygen atoms in total. The van der Waals surface area contributed by atoms with Crippen molar-refractivity contribution in [3.63, 3.8) is 0 Å². The number of ketones is 1. The lowest BCUT2D eigenvalue weighted by atomic mass is 9.65. The van der Waals surface area contributed by atoms with E-state index in [-0.39, 0.29) is 42.9 Å². The van der Waals surface area contributed by atoms with Gasteiger partial charge in [-0.2, -0.15) is 0 Å². The first-order valence-corrected chi connectivity index (χ1v) is 10.8. The van der Waals surface area contributed by atoms with Crippen molar-refractivity contribution in [1.82, 2.24) is 0 Å². The van der Waals surface area contributed by atoms with E-state index in [0.717, 1.165) is 0 Å². The van der Waals surface area contributed by atoms with Crippen molar-refractivity contribution < 1.29 is 47.6 Å². The lowest BCUT2D eigenvalue weighted by Gasteiger charge is -2.49. The zero-order chi connectivity index (χ0) is 23.5. The Bertz CT molecular complexity index is 1050. The normalized spacial score (nSPS) is 34.8. The number of fused-ring (bicyclic) bond motifs is 1. The third kappa shape index (κ3) is 3.00. The zero-order valence-electron chi connectivity index (χ0n) is 18.5. The fourth-order valence-corrected chi connectivity index (χ4v) is 5.82. The minimum atomic E-state index is -1.11. The maximum atomic E-state index is 13.6. The van der Waals surface area contributed by atoms with E-state index >= 15 is 0 Å². The summed E-state index contributed by atoms with van der Waals surface area (Å²) in [7, 11) is 1.41. The van der Waals surface area contributed by atoms with Gasteiger partial charge in [0.25, 0.3) is 0 Å². The molecule has 176 valence electrons. The Labute approximate surface area is 189 Å². The van der Waals surface area contributed by atoms with Gasteiger partial charge in [-0.25, -0.2) is 0 Å². The molecule has 0 N–H and O–H groups in total. The van der Waals surface area contributed by atoms with Crippen LogP contribution in [0.2, 0.25) is 0 Å². The summed E-state index contributed by atoms with van der Waals surface area (Å²) in [4.78, 5) is 49.8. The highest BCUT2D eigenvalue weighted by atomic mass is 16.6. The summed E-state index contributed by atoms with van der Waals surface area (Å²) in [6.45, 7) is 2.76. The minimum Gasteiger partial charge on any atom is -0.493 e. The van der Waals surface area contributed by atoms with Crippen LogP contribution in [-0.2, 0) is 38.1 Å². The summed E-state index contributed by atoms with van der Waals surface area (Å²) in [6.07, 6.45) is -2.06. The highest BCUT2D eigenvalue weighted by molar-refractivity contribution is 5.93. The number of ether oxygens (including phenoxy) is 6. The molecule has 2 unspecified atom stereocenters. The number of carbonyl (C=O) groups is 4. The van der Waals surface area contributed by atoms with Gasteiger partial charge in [-0.15, -0.1) is 0 Å². The Balaban J connectivity index is 1.59. The molecule has 4 saturated heterocycles. The van der Waals surface area contributed by atoms with Crippen LogP contribution < -0.4 is 9.47 Å². The van der Waals surface area contributed by atoms with Crippen LogP contribution >= 0.6 is 0 Å². The quantitative estimate of drug-likeness (QED) is 0.469. The number of esters is 3. The molecule has 0 amide bonds. The predicted molar refractivity (Wildman–Crippen MR) is 107 cm³/mol. The first-order valence-electron chi connectivity index (χ1n) is 10.8. The van der Waals surface area contributed by atoms with E-state index in [4.69, 9.17) is 28.4 Å². The Morgan fingerprint density at radius 1 is 1.15 bits per heavy atom. The number of methoxy groups -OCH3 is 1. The van der Waals surface area contributed by atoms with E-state index in [0.29, 0.717) is 12.0 Å². The Kier molecular flexibility index (Phi) is 4.98. The lowest BCUT2D eigenvalue weighted by molar-refractivity contribution is -0.241. The first-order chi connectivity index (χ1) is 15.7. The Hall–Kier alpha value is -2.98. The number of benzene rings is 1. The van der Waals surface area contributed by atoms with Crippen molar-refractivity contribution in [3.8, 4) is 11.5 Å². The van der Waals surface area contributed by atoms with Crippen LogP contribution in [0.1, 0.15) is 38.4 Å². The van der Waals surface area contributed by atoms with Gasteiger partial charge in [-0.05, 0) is 30.5 Å². The topological polar surface area (TPSA) is 124 Å². The average Bonchev–Trinajstić information content (AvgIpc) is 3.25. The molecule has 5 rings (SSSR count). The summed E-state index contributed by atoms with van der Waals surface area (Å²) in [5.41, 5.74) is -1.59. The monoisotopic (exact) mass is 460 g/mol. The van der Waals surface area contributed by atoms with E-state index in [1.165, 1.54) is 27.0 Å². The third-order valence-corrected chi connectivity index (χ3v) is 7.15.